The number of sulfone groups is 1. The minimum Gasteiger partial charge on any atom is -0.338 e. The molecule has 0 saturated carbocycles. The molecule has 1 aliphatic heterocycles. The van der Waals surface area contributed by atoms with Gasteiger partial charge in [-0.2, -0.15) is 0 Å². The van der Waals surface area contributed by atoms with Crippen LogP contribution in [0.15, 0.2) is 29.7 Å². The first kappa shape index (κ1) is 20.8. The number of carbonyl (C=O) groups excluding carboxylic acids is 1. The lowest BCUT2D eigenvalue weighted by Gasteiger charge is -2.28. The molecule has 28 heavy (non-hydrogen) atoms. The summed E-state index contributed by atoms with van der Waals surface area (Å²) in [4.78, 5) is 18.6. The average molecular weight is 424 g/mol. The smallest absolute Gasteiger partial charge is 0.233 e. The summed E-state index contributed by atoms with van der Waals surface area (Å²) in [7, 11) is -1.17. The van der Waals surface area contributed by atoms with Crippen LogP contribution >= 0.6 is 11.8 Å². The zero-order valence-corrected chi connectivity index (χ0v) is 17.7. The third kappa shape index (κ3) is 4.91. The molecule has 3 rings (SSSR count). The molecule has 0 spiro atoms. The Labute approximate surface area is 169 Å². The van der Waals surface area contributed by atoms with Crippen LogP contribution < -0.4 is 0 Å². The van der Waals surface area contributed by atoms with Crippen LogP contribution in [-0.4, -0.2) is 68.8 Å². The van der Waals surface area contributed by atoms with E-state index in [0.29, 0.717) is 23.9 Å². The maximum absolute atomic E-state index is 12.9. The van der Waals surface area contributed by atoms with Crippen LogP contribution in [0, 0.1) is 0 Å². The average Bonchev–Trinajstić information content (AvgIpc) is 3.23. The van der Waals surface area contributed by atoms with E-state index in [1.54, 1.807) is 17.3 Å². The highest BCUT2D eigenvalue weighted by atomic mass is 32.2. The van der Waals surface area contributed by atoms with Crippen molar-refractivity contribution < 1.29 is 13.2 Å². The number of pyridine rings is 1. The van der Waals surface area contributed by atoms with E-state index >= 15 is 0 Å². The van der Waals surface area contributed by atoms with Crippen LogP contribution in [-0.2, 0) is 21.7 Å². The van der Waals surface area contributed by atoms with E-state index in [9.17, 15) is 13.2 Å². The molecule has 1 amide bonds. The molecule has 0 aliphatic carbocycles. The normalized spacial score (nSPS) is 18.3. The molecule has 1 unspecified atom stereocenters. The summed E-state index contributed by atoms with van der Waals surface area (Å²) >= 11 is 1.32. The summed E-state index contributed by atoms with van der Waals surface area (Å²) in [6, 6.07) is 3.50. The summed E-state index contributed by atoms with van der Waals surface area (Å²) in [5, 5.41) is 9.06. The largest absolute Gasteiger partial charge is 0.338 e. The second-order valence-corrected chi connectivity index (χ2v) is 10.1. The van der Waals surface area contributed by atoms with Crippen molar-refractivity contribution >= 4 is 27.5 Å². The third-order valence-electron chi connectivity index (χ3n) is 4.82. The van der Waals surface area contributed by atoms with Crippen molar-refractivity contribution in [3.05, 3.63) is 24.5 Å². The fourth-order valence-electron chi connectivity index (χ4n) is 3.26. The van der Waals surface area contributed by atoms with Gasteiger partial charge in [0.15, 0.2) is 20.8 Å². The monoisotopic (exact) mass is 423 g/mol. The number of nitrogens with zero attached hydrogens (tertiary/aromatic N) is 5. The SMILES string of the molecule is CCCCN(C(=O)CSc1nnc(-c2ccncc2)n1C)C1CCS(=O)(=O)C1. The van der Waals surface area contributed by atoms with Gasteiger partial charge >= 0.3 is 0 Å². The van der Waals surface area contributed by atoms with Gasteiger partial charge in [0.05, 0.1) is 17.3 Å². The summed E-state index contributed by atoms with van der Waals surface area (Å²) in [5.41, 5.74) is 0.906. The van der Waals surface area contributed by atoms with E-state index in [1.165, 1.54) is 11.8 Å². The van der Waals surface area contributed by atoms with Gasteiger partial charge in [0.1, 0.15) is 0 Å². The number of amides is 1. The summed E-state index contributed by atoms with van der Waals surface area (Å²) in [6.07, 6.45) is 5.74. The topological polar surface area (TPSA) is 98.1 Å². The number of thioether (sulfide) groups is 1. The van der Waals surface area contributed by atoms with E-state index < -0.39 is 9.84 Å². The standard InChI is InChI=1S/C18H25N5O3S2/c1-3-4-10-23(15-7-11-28(25,26)13-15)16(24)12-27-18-21-20-17(22(18)2)14-5-8-19-9-6-14/h5-6,8-9,15H,3-4,7,10-13H2,1-2H3. The van der Waals surface area contributed by atoms with Crippen molar-refractivity contribution in [2.45, 2.75) is 37.4 Å². The highest BCUT2D eigenvalue weighted by Gasteiger charge is 2.34. The maximum Gasteiger partial charge on any atom is 0.233 e. The van der Waals surface area contributed by atoms with Crippen LogP contribution in [0.3, 0.4) is 0 Å². The second-order valence-electron chi connectivity index (χ2n) is 6.89. The van der Waals surface area contributed by atoms with Gasteiger partial charge in [-0.05, 0) is 25.0 Å². The van der Waals surface area contributed by atoms with Gasteiger partial charge in [0, 0.05) is 37.6 Å². The highest BCUT2D eigenvalue weighted by molar-refractivity contribution is 7.99. The van der Waals surface area contributed by atoms with Gasteiger partial charge in [0.25, 0.3) is 0 Å². The first-order valence-electron chi connectivity index (χ1n) is 9.33. The van der Waals surface area contributed by atoms with E-state index in [4.69, 9.17) is 0 Å². The second kappa shape index (κ2) is 9.04. The van der Waals surface area contributed by atoms with E-state index in [0.717, 1.165) is 18.4 Å². The summed E-state index contributed by atoms with van der Waals surface area (Å²) in [6.45, 7) is 2.65. The Balaban J connectivity index is 1.67. The number of aromatic nitrogens is 4. The molecule has 0 N–H and O–H groups in total. The van der Waals surface area contributed by atoms with Gasteiger partial charge in [0.2, 0.25) is 5.91 Å². The molecule has 1 atom stereocenters. The minimum atomic E-state index is -3.03. The molecule has 2 aromatic heterocycles. The van der Waals surface area contributed by atoms with Crippen LogP contribution in [0.1, 0.15) is 26.2 Å². The zero-order valence-electron chi connectivity index (χ0n) is 16.1. The van der Waals surface area contributed by atoms with Gasteiger partial charge in [-0.1, -0.05) is 25.1 Å². The molecule has 2 aromatic rings. The Kier molecular flexibility index (Phi) is 6.71. The van der Waals surface area contributed by atoms with Crippen LogP contribution in [0.4, 0.5) is 0 Å². The number of hydrogen-bond acceptors (Lipinski definition) is 7. The molecular formula is C18H25N5O3S2. The van der Waals surface area contributed by atoms with E-state index in [2.05, 4.69) is 22.1 Å². The third-order valence-corrected chi connectivity index (χ3v) is 7.58. The molecule has 3 heterocycles. The summed E-state index contributed by atoms with van der Waals surface area (Å²) < 4.78 is 25.5. The molecule has 1 saturated heterocycles. The molecular weight excluding hydrogens is 398 g/mol. The number of hydrogen-bond donors (Lipinski definition) is 0. The van der Waals surface area contributed by atoms with Crippen molar-refractivity contribution in [2.75, 3.05) is 23.8 Å². The van der Waals surface area contributed by atoms with Crippen molar-refractivity contribution in [3.63, 3.8) is 0 Å². The van der Waals surface area contributed by atoms with E-state index in [1.807, 2.05) is 23.7 Å². The Bertz CT molecular complexity index is 915. The molecule has 152 valence electrons. The zero-order chi connectivity index (χ0) is 20.1. The maximum atomic E-state index is 12.9. The fourth-order valence-corrected chi connectivity index (χ4v) is 5.79. The molecule has 1 fully saturated rings. The van der Waals surface area contributed by atoms with Gasteiger partial charge in [-0.15, -0.1) is 10.2 Å². The van der Waals surface area contributed by atoms with Crippen LogP contribution in [0.5, 0.6) is 0 Å². The first-order chi connectivity index (χ1) is 13.4. The Hall–Kier alpha value is -1.94. The lowest BCUT2D eigenvalue weighted by Crippen LogP contribution is -2.42. The van der Waals surface area contributed by atoms with Gasteiger partial charge in [-0.25, -0.2) is 8.42 Å². The molecule has 0 radical (unpaired) electrons. The Morgan fingerprint density at radius 1 is 1.32 bits per heavy atom. The predicted molar refractivity (Wildman–Crippen MR) is 109 cm³/mol. The van der Waals surface area contributed by atoms with Crippen molar-refractivity contribution in [2.24, 2.45) is 7.05 Å². The number of carbonyl (C=O) groups is 1. The molecule has 8 nitrogen and oxygen atoms in total. The first-order valence-corrected chi connectivity index (χ1v) is 12.1. The van der Waals surface area contributed by atoms with Crippen LogP contribution in [0.2, 0.25) is 0 Å². The fraction of sp³-hybridized carbons (Fsp3) is 0.556. The van der Waals surface area contributed by atoms with Crippen molar-refractivity contribution in [1.82, 2.24) is 24.6 Å². The predicted octanol–water partition coefficient (Wildman–Crippen LogP) is 1.78. The minimum absolute atomic E-state index is 0.0472. The molecule has 10 heteroatoms. The lowest BCUT2D eigenvalue weighted by molar-refractivity contribution is -0.130. The lowest BCUT2D eigenvalue weighted by atomic mass is 10.2. The van der Waals surface area contributed by atoms with Crippen LogP contribution in [0.25, 0.3) is 11.4 Å². The molecule has 0 bridgehead atoms. The van der Waals surface area contributed by atoms with Crippen molar-refractivity contribution in [1.29, 1.82) is 0 Å². The highest BCUT2D eigenvalue weighted by Crippen LogP contribution is 2.24. The van der Waals surface area contributed by atoms with Gasteiger partial charge < -0.3 is 9.47 Å². The van der Waals surface area contributed by atoms with E-state index in [-0.39, 0.29) is 29.2 Å². The Morgan fingerprint density at radius 3 is 2.71 bits per heavy atom. The Morgan fingerprint density at radius 2 is 2.07 bits per heavy atom. The van der Waals surface area contributed by atoms with Gasteiger partial charge in [-0.3, -0.25) is 9.78 Å². The molecule has 0 aromatic carbocycles. The summed E-state index contributed by atoms with van der Waals surface area (Å²) in [5.74, 6) is 1.11. The quantitative estimate of drug-likeness (QED) is 0.597. The number of rotatable bonds is 8. The molecule has 1 aliphatic rings. The van der Waals surface area contributed by atoms with Crippen molar-refractivity contribution in [3.8, 4) is 11.4 Å². The number of unbranched alkanes of at least 4 members (excludes halogenated alkanes) is 1.